The van der Waals surface area contributed by atoms with Crippen molar-refractivity contribution >= 4 is 29.6 Å². The highest BCUT2D eigenvalue weighted by molar-refractivity contribution is 5.95. The summed E-state index contributed by atoms with van der Waals surface area (Å²) in [5.74, 6) is -0.973. The van der Waals surface area contributed by atoms with Gasteiger partial charge in [0.1, 0.15) is 12.8 Å². The summed E-state index contributed by atoms with van der Waals surface area (Å²) in [5, 5.41) is 14.2. The van der Waals surface area contributed by atoms with Gasteiger partial charge >= 0.3 is 12.1 Å². The van der Waals surface area contributed by atoms with Gasteiger partial charge in [-0.25, -0.2) is 14.8 Å². The molecule has 1 atom stereocenters. The van der Waals surface area contributed by atoms with E-state index in [0.29, 0.717) is 11.5 Å². The number of carboxylic acid groups (broad SMARTS) is 1. The van der Waals surface area contributed by atoms with Gasteiger partial charge in [-0.05, 0) is 35.9 Å². The molecule has 1 aromatic heterocycles. The molecule has 192 valence electrons. The molecule has 2 heterocycles. The second kappa shape index (κ2) is 12.3. The minimum atomic E-state index is -1.18. The molecule has 1 unspecified atom stereocenters. The van der Waals surface area contributed by atoms with Crippen molar-refractivity contribution in [1.82, 2.24) is 20.6 Å². The minimum absolute atomic E-state index is 0.0223. The lowest BCUT2D eigenvalue weighted by Crippen LogP contribution is -2.49. The predicted octanol–water partition coefficient (Wildman–Crippen LogP) is 2.26. The average Bonchev–Trinajstić information content (AvgIpc) is 2.93. The molecule has 1 aliphatic heterocycles. The fourth-order valence-corrected chi connectivity index (χ4v) is 3.90. The topological polar surface area (TPSA) is 137 Å². The van der Waals surface area contributed by atoms with E-state index in [1.165, 1.54) is 0 Å². The van der Waals surface area contributed by atoms with Crippen LogP contribution < -0.4 is 20.4 Å². The van der Waals surface area contributed by atoms with E-state index in [0.717, 1.165) is 37.4 Å². The summed E-state index contributed by atoms with van der Waals surface area (Å²) in [6, 6.07) is 17.9. The van der Waals surface area contributed by atoms with E-state index >= 15 is 0 Å². The third-order valence-electron chi connectivity index (χ3n) is 5.80. The number of rotatable bonds is 9. The lowest BCUT2D eigenvalue weighted by atomic mass is 10.1. The van der Waals surface area contributed by atoms with Crippen molar-refractivity contribution in [3.8, 4) is 0 Å². The van der Waals surface area contributed by atoms with Crippen LogP contribution in [-0.4, -0.2) is 65.4 Å². The summed E-state index contributed by atoms with van der Waals surface area (Å²) in [6.07, 6.45) is 0.984. The van der Waals surface area contributed by atoms with Crippen LogP contribution in [0, 0.1) is 0 Å². The average molecular weight is 505 g/mol. The molecule has 11 nitrogen and oxygen atoms in total. The number of anilines is 2. The van der Waals surface area contributed by atoms with Gasteiger partial charge in [0.25, 0.3) is 5.91 Å². The summed E-state index contributed by atoms with van der Waals surface area (Å²) >= 11 is 0. The zero-order valence-corrected chi connectivity index (χ0v) is 20.1. The van der Waals surface area contributed by atoms with Crippen molar-refractivity contribution in [3.05, 3.63) is 84.2 Å². The zero-order valence-electron chi connectivity index (χ0n) is 20.1. The number of carboxylic acids is 1. The first-order chi connectivity index (χ1) is 18.0. The Morgan fingerprint density at radius 3 is 2.16 bits per heavy atom. The Labute approximate surface area is 214 Å². The number of carbonyl (C=O) groups is 3. The number of hydrogen-bond acceptors (Lipinski definition) is 8. The maximum Gasteiger partial charge on any atom is 0.409 e. The van der Waals surface area contributed by atoms with Gasteiger partial charge in [0, 0.05) is 49.8 Å². The van der Waals surface area contributed by atoms with Gasteiger partial charge in [0.15, 0.2) is 0 Å². The number of ether oxygens (including phenoxy) is 1. The van der Waals surface area contributed by atoms with E-state index < -0.39 is 30.6 Å². The largest absolute Gasteiger partial charge is 0.481 e. The first-order valence-corrected chi connectivity index (χ1v) is 11.8. The first kappa shape index (κ1) is 25.4. The Morgan fingerprint density at radius 1 is 0.865 bits per heavy atom. The second-order valence-electron chi connectivity index (χ2n) is 8.40. The van der Waals surface area contributed by atoms with Crippen LogP contribution in [0.15, 0.2) is 73.1 Å². The highest BCUT2D eigenvalue weighted by Gasteiger charge is 2.21. The fourth-order valence-electron chi connectivity index (χ4n) is 3.90. The van der Waals surface area contributed by atoms with Crippen molar-refractivity contribution in [2.24, 2.45) is 0 Å². The molecule has 2 amide bonds. The highest BCUT2D eigenvalue weighted by atomic mass is 16.5. The van der Waals surface area contributed by atoms with Crippen molar-refractivity contribution in [3.63, 3.8) is 0 Å². The monoisotopic (exact) mass is 504 g/mol. The van der Waals surface area contributed by atoms with Gasteiger partial charge < -0.3 is 30.3 Å². The fraction of sp³-hybridized carbons (Fsp3) is 0.269. The molecule has 1 saturated heterocycles. The number of amides is 2. The molecule has 0 spiro atoms. The van der Waals surface area contributed by atoms with Crippen LogP contribution in [0.4, 0.5) is 16.4 Å². The Kier molecular flexibility index (Phi) is 8.48. The predicted molar refractivity (Wildman–Crippen MR) is 136 cm³/mol. The maximum atomic E-state index is 12.8. The number of nitrogens with one attached hydrogen (secondary N) is 2. The Balaban J connectivity index is 1.29. The number of aromatic nitrogens is 2. The van der Waals surface area contributed by atoms with Crippen LogP contribution in [0.3, 0.4) is 0 Å². The van der Waals surface area contributed by atoms with Crippen molar-refractivity contribution < 1.29 is 24.2 Å². The van der Waals surface area contributed by atoms with Crippen LogP contribution >= 0.6 is 0 Å². The van der Waals surface area contributed by atoms with Gasteiger partial charge in [0.05, 0.1) is 6.42 Å². The van der Waals surface area contributed by atoms with Crippen molar-refractivity contribution in [2.45, 2.75) is 19.2 Å². The molecular formula is C26H28N6O5. The maximum absolute atomic E-state index is 12.8. The second-order valence-corrected chi connectivity index (χ2v) is 8.40. The van der Waals surface area contributed by atoms with Crippen molar-refractivity contribution in [1.29, 1.82) is 0 Å². The molecule has 37 heavy (non-hydrogen) atoms. The lowest BCUT2D eigenvalue weighted by molar-refractivity contribution is -0.137. The molecule has 1 aliphatic rings. The minimum Gasteiger partial charge on any atom is -0.481 e. The molecule has 3 N–H and O–H groups in total. The number of carbonyl (C=O) groups excluding carboxylic acids is 2. The first-order valence-electron chi connectivity index (χ1n) is 11.8. The Bertz CT molecular complexity index is 1190. The van der Waals surface area contributed by atoms with Gasteiger partial charge in [-0.15, -0.1) is 0 Å². The highest BCUT2D eigenvalue weighted by Crippen LogP contribution is 2.19. The molecular weight excluding hydrogens is 476 g/mol. The molecule has 2 aromatic carbocycles. The summed E-state index contributed by atoms with van der Waals surface area (Å²) in [5.41, 5.74) is 2.09. The number of nitrogens with zero attached hydrogens (tertiary/aromatic N) is 4. The number of hydrogen-bond donors (Lipinski definition) is 3. The smallest absolute Gasteiger partial charge is 0.409 e. The van der Waals surface area contributed by atoms with E-state index in [4.69, 9.17) is 4.74 Å². The van der Waals surface area contributed by atoms with Crippen LogP contribution in [-0.2, 0) is 16.1 Å². The standard InChI is InChI=1S/C26H28N6O5/c33-23(34)17-22(30-26(36)37-18-19-5-2-1-3-6-19)29-24(35)20-7-9-21(10-8-20)31-13-15-32(16-14-31)25-27-11-4-12-28-25/h1-12,22H,13-18H2,(H,29,35)(H,30,36)(H,33,34). The van der Waals surface area contributed by atoms with Crippen LogP contribution in [0.1, 0.15) is 22.3 Å². The zero-order chi connectivity index (χ0) is 26.0. The quantitative estimate of drug-likeness (QED) is 0.375. The molecule has 1 fully saturated rings. The molecule has 0 radical (unpaired) electrons. The van der Waals surface area contributed by atoms with E-state index in [2.05, 4.69) is 30.4 Å². The summed E-state index contributed by atoms with van der Waals surface area (Å²) in [6.45, 7) is 3.12. The molecule has 4 rings (SSSR count). The SMILES string of the molecule is O=C(O)CC(NC(=O)OCc1ccccc1)NC(=O)c1ccc(N2CCN(c3ncccn3)CC2)cc1. The molecule has 0 saturated carbocycles. The van der Waals surface area contributed by atoms with Crippen LogP contribution in [0.25, 0.3) is 0 Å². The summed E-state index contributed by atoms with van der Waals surface area (Å²) in [7, 11) is 0. The van der Waals surface area contributed by atoms with E-state index in [9.17, 15) is 19.5 Å². The third-order valence-corrected chi connectivity index (χ3v) is 5.80. The van der Waals surface area contributed by atoms with Crippen molar-refractivity contribution in [2.75, 3.05) is 36.0 Å². The number of benzene rings is 2. The van der Waals surface area contributed by atoms with Gasteiger partial charge in [-0.1, -0.05) is 30.3 Å². The molecule has 11 heteroatoms. The molecule has 3 aromatic rings. The van der Waals surface area contributed by atoms with Gasteiger partial charge in [-0.2, -0.15) is 0 Å². The summed E-state index contributed by atoms with van der Waals surface area (Å²) < 4.78 is 5.14. The number of alkyl carbamates (subject to hydrolysis) is 1. The van der Waals surface area contributed by atoms with Gasteiger partial charge in [0.2, 0.25) is 5.95 Å². The van der Waals surface area contributed by atoms with Crippen LogP contribution in [0.5, 0.6) is 0 Å². The third kappa shape index (κ3) is 7.40. The molecule has 0 bridgehead atoms. The van der Waals surface area contributed by atoms with Crippen LogP contribution in [0.2, 0.25) is 0 Å². The lowest BCUT2D eigenvalue weighted by Gasteiger charge is -2.36. The normalized spacial score (nSPS) is 13.9. The Hall–Kier alpha value is -4.67. The number of piperazine rings is 1. The van der Waals surface area contributed by atoms with E-state index in [1.807, 2.05) is 30.3 Å². The number of aliphatic carboxylic acids is 1. The summed E-state index contributed by atoms with van der Waals surface area (Å²) in [4.78, 5) is 49.1. The van der Waals surface area contributed by atoms with E-state index in [-0.39, 0.29) is 6.61 Å². The Morgan fingerprint density at radius 2 is 1.51 bits per heavy atom. The van der Waals surface area contributed by atoms with Gasteiger partial charge in [-0.3, -0.25) is 9.59 Å². The van der Waals surface area contributed by atoms with E-state index in [1.54, 1.807) is 42.7 Å². The molecule has 0 aliphatic carbocycles.